The van der Waals surface area contributed by atoms with E-state index in [2.05, 4.69) is 20.4 Å². The van der Waals surface area contributed by atoms with Crippen LogP contribution in [0, 0.1) is 0 Å². The first-order valence-corrected chi connectivity index (χ1v) is 7.69. The molecule has 0 aromatic carbocycles. The molecule has 106 valence electrons. The van der Waals surface area contributed by atoms with E-state index in [1.54, 1.807) is 24.6 Å². The van der Waals surface area contributed by atoms with Crippen LogP contribution in [0.2, 0.25) is 0 Å². The number of hydrogen-bond donors (Lipinski definition) is 1. The summed E-state index contributed by atoms with van der Waals surface area (Å²) in [5.74, 6) is -0.112. The minimum Gasteiger partial charge on any atom is -0.300 e. The van der Waals surface area contributed by atoms with Crippen LogP contribution in [0.5, 0.6) is 0 Å². The Bertz CT molecular complexity index is 568. The Morgan fingerprint density at radius 2 is 2.25 bits per heavy atom. The maximum absolute atomic E-state index is 12.2. The number of amides is 1. The molecule has 2 heterocycles. The molecule has 0 unspecified atom stereocenters. The van der Waals surface area contributed by atoms with Gasteiger partial charge in [-0.15, -0.1) is 11.3 Å². The van der Waals surface area contributed by atoms with Crippen molar-refractivity contribution in [3.8, 4) is 0 Å². The maximum Gasteiger partial charge on any atom is 0.250 e. The van der Waals surface area contributed by atoms with Gasteiger partial charge in [-0.05, 0) is 32.6 Å². The monoisotopic (exact) mass is 291 g/mol. The average Bonchev–Trinajstić information content (AvgIpc) is 3.04. The molecular formula is C13H17N5OS. The van der Waals surface area contributed by atoms with Gasteiger partial charge in [0.25, 0.3) is 5.91 Å². The first-order chi connectivity index (χ1) is 9.74. The van der Waals surface area contributed by atoms with Gasteiger partial charge in [-0.1, -0.05) is 6.42 Å². The molecule has 1 N–H and O–H groups in total. The number of fused-ring (bicyclic) bond motifs is 1. The zero-order chi connectivity index (χ0) is 13.9. The van der Waals surface area contributed by atoms with Crippen LogP contribution in [-0.4, -0.2) is 25.7 Å². The Morgan fingerprint density at radius 1 is 1.40 bits per heavy atom. The number of carbonyl (C=O) groups excluding carboxylic acids is 1. The van der Waals surface area contributed by atoms with Gasteiger partial charge >= 0.3 is 0 Å². The highest BCUT2D eigenvalue weighted by molar-refractivity contribution is 7.15. The van der Waals surface area contributed by atoms with E-state index in [0.717, 1.165) is 18.5 Å². The molecule has 0 bridgehead atoms. The lowest BCUT2D eigenvalue weighted by Gasteiger charge is -2.09. The predicted octanol–water partition coefficient (Wildman–Crippen LogP) is 2.20. The molecule has 1 atom stereocenters. The summed E-state index contributed by atoms with van der Waals surface area (Å²) in [7, 11) is 0. The molecule has 0 spiro atoms. The zero-order valence-electron chi connectivity index (χ0n) is 11.4. The lowest BCUT2D eigenvalue weighted by atomic mass is 10.2. The van der Waals surface area contributed by atoms with E-state index in [-0.39, 0.29) is 11.9 Å². The van der Waals surface area contributed by atoms with Crippen molar-refractivity contribution in [2.75, 3.05) is 5.32 Å². The number of aromatic nitrogens is 4. The van der Waals surface area contributed by atoms with Gasteiger partial charge in [0.05, 0.1) is 5.69 Å². The lowest BCUT2D eigenvalue weighted by Crippen LogP contribution is -2.23. The molecule has 0 fully saturated rings. The Hall–Kier alpha value is -1.76. The summed E-state index contributed by atoms with van der Waals surface area (Å²) in [5, 5.41) is 7.57. The second-order valence-electron chi connectivity index (χ2n) is 4.99. The standard InChI is InChI=1S/C13H17N5OS/c1-9(18-8-14-7-15-18)12(19)17-13-16-10-5-3-2-4-6-11(10)20-13/h7-9H,2-6H2,1H3,(H,16,17,19)/t9-/m1/s1. The van der Waals surface area contributed by atoms with Crippen molar-refractivity contribution < 1.29 is 4.79 Å². The molecule has 1 aliphatic carbocycles. The summed E-state index contributed by atoms with van der Waals surface area (Å²) >= 11 is 1.60. The second kappa shape index (κ2) is 5.70. The third-order valence-corrected chi connectivity index (χ3v) is 4.61. The molecule has 1 amide bonds. The molecule has 2 aromatic heterocycles. The second-order valence-corrected chi connectivity index (χ2v) is 6.07. The van der Waals surface area contributed by atoms with Crippen LogP contribution in [-0.2, 0) is 17.6 Å². The van der Waals surface area contributed by atoms with E-state index in [0.29, 0.717) is 5.13 Å². The molecule has 3 rings (SSSR count). The quantitative estimate of drug-likeness (QED) is 0.880. The number of carbonyl (C=O) groups is 1. The van der Waals surface area contributed by atoms with Gasteiger partial charge in [0.15, 0.2) is 5.13 Å². The van der Waals surface area contributed by atoms with Crippen LogP contribution < -0.4 is 5.32 Å². The van der Waals surface area contributed by atoms with Gasteiger partial charge in [0.1, 0.15) is 18.7 Å². The Kier molecular flexibility index (Phi) is 3.77. The Morgan fingerprint density at radius 3 is 3.05 bits per heavy atom. The third-order valence-electron chi connectivity index (χ3n) is 3.54. The maximum atomic E-state index is 12.2. The summed E-state index contributed by atoms with van der Waals surface area (Å²) in [6, 6.07) is -0.388. The van der Waals surface area contributed by atoms with Crippen molar-refractivity contribution in [1.82, 2.24) is 19.7 Å². The smallest absolute Gasteiger partial charge is 0.250 e. The van der Waals surface area contributed by atoms with E-state index in [1.165, 1.54) is 35.1 Å². The number of rotatable bonds is 3. The minimum absolute atomic E-state index is 0.112. The molecule has 6 nitrogen and oxygen atoms in total. The van der Waals surface area contributed by atoms with Crippen molar-refractivity contribution in [2.24, 2.45) is 0 Å². The zero-order valence-corrected chi connectivity index (χ0v) is 12.2. The largest absolute Gasteiger partial charge is 0.300 e. The molecular weight excluding hydrogens is 274 g/mol. The van der Waals surface area contributed by atoms with E-state index in [9.17, 15) is 4.79 Å². The van der Waals surface area contributed by atoms with Crippen molar-refractivity contribution in [1.29, 1.82) is 0 Å². The topological polar surface area (TPSA) is 72.7 Å². The van der Waals surface area contributed by atoms with Gasteiger partial charge < -0.3 is 5.32 Å². The first kappa shape index (κ1) is 13.2. The number of thiazole rings is 1. The first-order valence-electron chi connectivity index (χ1n) is 6.87. The number of nitrogens with zero attached hydrogens (tertiary/aromatic N) is 4. The van der Waals surface area contributed by atoms with Crippen molar-refractivity contribution in [2.45, 2.75) is 45.1 Å². The van der Waals surface area contributed by atoms with Gasteiger partial charge in [-0.2, -0.15) is 5.10 Å². The fourth-order valence-electron chi connectivity index (χ4n) is 2.33. The van der Waals surface area contributed by atoms with E-state index in [4.69, 9.17) is 0 Å². The number of hydrogen-bond acceptors (Lipinski definition) is 5. The third kappa shape index (κ3) is 2.72. The Balaban J connectivity index is 1.70. The van der Waals surface area contributed by atoms with Gasteiger partial charge in [0, 0.05) is 4.88 Å². The van der Waals surface area contributed by atoms with Crippen LogP contribution in [0.25, 0.3) is 0 Å². The molecule has 0 aliphatic heterocycles. The number of nitrogens with one attached hydrogen (secondary N) is 1. The van der Waals surface area contributed by atoms with Gasteiger partial charge in [-0.3, -0.25) is 4.79 Å². The molecule has 1 aliphatic rings. The van der Waals surface area contributed by atoms with Gasteiger partial charge in [0.2, 0.25) is 0 Å². The average molecular weight is 291 g/mol. The molecule has 20 heavy (non-hydrogen) atoms. The molecule has 7 heteroatoms. The highest BCUT2D eigenvalue weighted by Gasteiger charge is 2.19. The fourth-order valence-corrected chi connectivity index (χ4v) is 3.38. The van der Waals surface area contributed by atoms with Crippen LogP contribution in [0.4, 0.5) is 5.13 Å². The highest BCUT2D eigenvalue weighted by atomic mass is 32.1. The minimum atomic E-state index is -0.388. The molecule has 0 saturated carbocycles. The SMILES string of the molecule is C[C@H](C(=O)Nc1nc2c(s1)CCCCC2)n1cncn1. The van der Waals surface area contributed by atoms with Crippen LogP contribution >= 0.6 is 11.3 Å². The molecule has 2 aromatic rings. The fraction of sp³-hybridized carbons (Fsp3) is 0.538. The number of aryl methyl sites for hydroxylation is 2. The lowest BCUT2D eigenvalue weighted by molar-refractivity contribution is -0.119. The van der Waals surface area contributed by atoms with Crippen LogP contribution in [0.15, 0.2) is 12.7 Å². The van der Waals surface area contributed by atoms with Crippen molar-refractivity contribution in [3.63, 3.8) is 0 Å². The van der Waals surface area contributed by atoms with E-state index >= 15 is 0 Å². The Labute approximate surface area is 121 Å². The highest BCUT2D eigenvalue weighted by Crippen LogP contribution is 2.29. The predicted molar refractivity (Wildman–Crippen MR) is 76.7 cm³/mol. The number of anilines is 1. The van der Waals surface area contributed by atoms with Crippen molar-refractivity contribution in [3.05, 3.63) is 23.2 Å². The van der Waals surface area contributed by atoms with Crippen LogP contribution in [0.1, 0.15) is 42.8 Å². The summed E-state index contributed by atoms with van der Waals surface area (Å²) in [5.41, 5.74) is 1.16. The molecule has 0 saturated heterocycles. The summed E-state index contributed by atoms with van der Waals surface area (Å²) in [4.78, 5) is 21.9. The van der Waals surface area contributed by atoms with Gasteiger partial charge in [-0.25, -0.2) is 14.6 Å². The molecule has 0 radical (unpaired) electrons. The normalized spacial score (nSPS) is 16.2. The van der Waals surface area contributed by atoms with E-state index in [1.807, 2.05) is 0 Å². The summed E-state index contributed by atoms with van der Waals surface area (Å²) < 4.78 is 1.54. The summed E-state index contributed by atoms with van der Waals surface area (Å²) in [6.45, 7) is 1.79. The van der Waals surface area contributed by atoms with E-state index < -0.39 is 0 Å². The van der Waals surface area contributed by atoms with Crippen LogP contribution in [0.3, 0.4) is 0 Å². The van der Waals surface area contributed by atoms with Crippen molar-refractivity contribution >= 4 is 22.4 Å². The summed E-state index contributed by atoms with van der Waals surface area (Å²) in [6.07, 6.45) is 8.77.